The Morgan fingerprint density at radius 1 is 1.42 bits per heavy atom. The molecule has 0 atom stereocenters. The lowest BCUT2D eigenvalue weighted by Crippen LogP contribution is -1.90. The molecule has 5 nitrogen and oxygen atoms in total. The van der Waals surface area contributed by atoms with E-state index in [0.717, 1.165) is 29.0 Å². The summed E-state index contributed by atoms with van der Waals surface area (Å²) in [5.41, 5.74) is 1.78. The van der Waals surface area contributed by atoms with Crippen LogP contribution in [0.4, 0.5) is 5.69 Å². The molecule has 2 rings (SSSR count). The highest BCUT2D eigenvalue weighted by Crippen LogP contribution is 2.30. The number of hydrogen-bond donors (Lipinski definition) is 0. The normalized spacial score (nSPS) is 10.6. The van der Waals surface area contributed by atoms with Crippen LogP contribution in [0.5, 0.6) is 0 Å². The number of benzene rings is 1. The maximum atomic E-state index is 10.8. The largest absolute Gasteiger partial charge is 0.270 e. The van der Waals surface area contributed by atoms with Gasteiger partial charge < -0.3 is 0 Å². The van der Waals surface area contributed by atoms with Gasteiger partial charge in [-0.2, -0.15) is 0 Å². The summed E-state index contributed by atoms with van der Waals surface area (Å²) >= 11 is 7.09. The van der Waals surface area contributed by atoms with Crippen LogP contribution in [0.2, 0.25) is 0 Å². The molecule has 19 heavy (non-hydrogen) atoms. The fraction of sp³-hybridized carbons (Fsp3) is 0.333. The molecule has 0 spiro atoms. The fourth-order valence-corrected chi connectivity index (χ4v) is 2.73. The van der Waals surface area contributed by atoms with Crippen molar-refractivity contribution in [3.8, 4) is 10.6 Å². The number of nitro benzene ring substituents is 1. The van der Waals surface area contributed by atoms with Gasteiger partial charge in [-0.05, 0) is 18.9 Å². The molecule has 2 aromatic rings. The van der Waals surface area contributed by atoms with E-state index in [9.17, 15) is 10.1 Å². The van der Waals surface area contributed by atoms with Crippen LogP contribution < -0.4 is 0 Å². The van der Waals surface area contributed by atoms with Crippen LogP contribution in [-0.2, 0) is 6.42 Å². The molecule has 7 heteroatoms. The van der Waals surface area contributed by atoms with E-state index < -0.39 is 4.92 Å². The van der Waals surface area contributed by atoms with E-state index in [1.807, 2.05) is 6.92 Å². The van der Waals surface area contributed by atoms with E-state index in [4.69, 9.17) is 11.6 Å². The molecule has 0 amide bonds. The van der Waals surface area contributed by atoms with Crippen LogP contribution in [0.25, 0.3) is 10.6 Å². The minimum atomic E-state index is -0.404. The second kappa shape index (κ2) is 6.08. The van der Waals surface area contributed by atoms with Gasteiger partial charge in [-0.3, -0.25) is 10.1 Å². The van der Waals surface area contributed by atoms with Crippen LogP contribution in [0.3, 0.4) is 0 Å². The molecule has 0 saturated carbocycles. The van der Waals surface area contributed by atoms with E-state index >= 15 is 0 Å². The quantitative estimate of drug-likeness (QED) is 0.480. The fourth-order valence-electron chi connectivity index (χ4n) is 1.64. The number of hydrogen-bond acceptors (Lipinski definition) is 5. The first-order chi connectivity index (χ1) is 9.11. The van der Waals surface area contributed by atoms with Gasteiger partial charge in [-0.1, -0.05) is 17.4 Å². The average molecular weight is 298 g/mol. The molecule has 0 aliphatic rings. The number of aryl methyl sites for hydroxylation is 2. The van der Waals surface area contributed by atoms with Gasteiger partial charge in [-0.25, -0.2) is 0 Å². The number of non-ortho nitro benzene ring substituents is 1. The van der Waals surface area contributed by atoms with Gasteiger partial charge in [0.1, 0.15) is 10.0 Å². The lowest BCUT2D eigenvalue weighted by molar-refractivity contribution is -0.384. The average Bonchev–Trinajstić information content (AvgIpc) is 2.85. The maximum absolute atomic E-state index is 10.8. The number of aromatic nitrogens is 2. The zero-order valence-corrected chi connectivity index (χ0v) is 11.9. The Bertz CT molecular complexity index is 600. The Morgan fingerprint density at radius 2 is 2.21 bits per heavy atom. The van der Waals surface area contributed by atoms with Crippen LogP contribution in [0, 0.1) is 17.0 Å². The van der Waals surface area contributed by atoms with Crippen molar-refractivity contribution in [1.29, 1.82) is 0 Å². The highest BCUT2D eigenvalue weighted by atomic mass is 35.5. The Balaban J connectivity index is 2.32. The molecule has 0 radical (unpaired) electrons. The van der Waals surface area contributed by atoms with Crippen molar-refractivity contribution in [3.05, 3.63) is 38.9 Å². The summed E-state index contributed by atoms with van der Waals surface area (Å²) in [6.07, 6.45) is 1.64. The van der Waals surface area contributed by atoms with Gasteiger partial charge in [0.15, 0.2) is 0 Å². The summed E-state index contributed by atoms with van der Waals surface area (Å²) in [6.45, 7) is 1.90. The third kappa shape index (κ3) is 3.27. The van der Waals surface area contributed by atoms with E-state index in [2.05, 4.69) is 10.2 Å². The first-order valence-electron chi connectivity index (χ1n) is 5.75. The summed E-state index contributed by atoms with van der Waals surface area (Å²) in [5, 5.41) is 20.6. The highest BCUT2D eigenvalue weighted by molar-refractivity contribution is 7.14. The topological polar surface area (TPSA) is 68.9 Å². The predicted molar refractivity (Wildman–Crippen MR) is 75.8 cm³/mol. The molecule has 0 aliphatic heterocycles. The van der Waals surface area contributed by atoms with Crippen LogP contribution in [-0.4, -0.2) is 21.0 Å². The van der Waals surface area contributed by atoms with Gasteiger partial charge in [0.25, 0.3) is 5.69 Å². The number of rotatable bonds is 5. The number of halogens is 1. The van der Waals surface area contributed by atoms with Gasteiger partial charge in [0, 0.05) is 30.0 Å². The van der Waals surface area contributed by atoms with Crippen molar-refractivity contribution in [2.45, 2.75) is 19.8 Å². The third-order valence-corrected chi connectivity index (χ3v) is 3.94. The number of nitrogens with zero attached hydrogens (tertiary/aromatic N) is 3. The molecule has 0 bridgehead atoms. The molecule has 1 heterocycles. The first-order valence-corrected chi connectivity index (χ1v) is 7.10. The Labute approximate surface area is 119 Å². The van der Waals surface area contributed by atoms with E-state index in [1.54, 1.807) is 12.1 Å². The first kappa shape index (κ1) is 13.9. The van der Waals surface area contributed by atoms with Crippen LogP contribution >= 0.6 is 22.9 Å². The maximum Gasteiger partial charge on any atom is 0.270 e. The summed E-state index contributed by atoms with van der Waals surface area (Å²) in [5.74, 6) is 0.588. The minimum absolute atomic E-state index is 0.0677. The van der Waals surface area contributed by atoms with Crippen molar-refractivity contribution >= 4 is 28.6 Å². The summed E-state index contributed by atoms with van der Waals surface area (Å²) in [4.78, 5) is 10.4. The molecule has 0 aliphatic carbocycles. The number of nitro groups is 1. The van der Waals surface area contributed by atoms with Gasteiger partial charge >= 0.3 is 0 Å². The smallest absolute Gasteiger partial charge is 0.258 e. The second-order valence-electron chi connectivity index (χ2n) is 4.05. The van der Waals surface area contributed by atoms with Gasteiger partial charge in [0.05, 0.1) is 4.92 Å². The van der Waals surface area contributed by atoms with Crippen molar-refractivity contribution in [3.63, 3.8) is 0 Å². The predicted octanol–water partition coefficient (Wildman–Crippen LogP) is 3.59. The van der Waals surface area contributed by atoms with E-state index in [1.165, 1.54) is 17.4 Å². The van der Waals surface area contributed by atoms with Gasteiger partial charge in [0.2, 0.25) is 0 Å². The van der Waals surface area contributed by atoms with Crippen LogP contribution in [0.15, 0.2) is 18.2 Å². The molecule has 0 fully saturated rings. The summed E-state index contributed by atoms with van der Waals surface area (Å²) in [7, 11) is 0. The molecule has 100 valence electrons. The summed E-state index contributed by atoms with van der Waals surface area (Å²) < 4.78 is 0. The van der Waals surface area contributed by atoms with E-state index in [-0.39, 0.29) is 5.69 Å². The van der Waals surface area contributed by atoms with Gasteiger partial charge in [-0.15, -0.1) is 21.8 Å². The molecule has 1 aromatic carbocycles. The lowest BCUT2D eigenvalue weighted by atomic mass is 10.1. The molecule has 1 aromatic heterocycles. The molecular weight excluding hydrogens is 286 g/mol. The standard InChI is InChI=1S/C12H12ClN3O2S/c1-8-4-5-9(16(17)18)7-10(8)12-15-14-11(19-12)3-2-6-13/h4-5,7H,2-3,6H2,1H3. The van der Waals surface area contributed by atoms with Crippen molar-refractivity contribution in [1.82, 2.24) is 10.2 Å². The summed E-state index contributed by atoms with van der Waals surface area (Å²) in [6, 6.07) is 4.77. The minimum Gasteiger partial charge on any atom is -0.258 e. The van der Waals surface area contributed by atoms with E-state index in [0.29, 0.717) is 10.9 Å². The molecule has 0 unspecified atom stereocenters. The molecule has 0 N–H and O–H groups in total. The second-order valence-corrected chi connectivity index (χ2v) is 5.49. The Morgan fingerprint density at radius 3 is 2.89 bits per heavy atom. The third-order valence-electron chi connectivity index (χ3n) is 2.65. The zero-order valence-electron chi connectivity index (χ0n) is 10.3. The highest BCUT2D eigenvalue weighted by Gasteiger charge is 2.13. The number of alkyl halides is 1. The zero-order chi connectivity index (χ0) is 13.8. The SMILES string of the molecule is Cc1ccc([N+](=O)[O-])cc1-c1nnc(CCCCl)s1. The molecular formula is C12H12ClN3O2S. The molecule has 0 saturated heterocycles. The monoisotopic (exact) mass is 297 g/mol. The van der Waals surface area contributed by atoms with Crippen molar-refractivity contribution in [2.75, 3.05) is 5.88 Å². The Hall–Kier alpha value is -1.53. The Kier molecular flexibility index (Phi) is 4.44. The van der Waals surface area contributed by atoms with Crippen LogP contribution in [0.1, 0.15) is 17.0 Å². The van der Waals surface area contributed by atoms with Crippen molar-refractivity contribution < 1.29 is 4.92 Å². The van der Waals surface area contributed by atoms with Crippen molar-refractivity contribution in [2.24, 2.45) is 0 Å². The lowest BCUT2D eigenvalue weighted by Gasteiger charge is -2.00.